The molecular weight excluding hydrogens is 244 g/mol. The third-order valence-electron chi connectivity index (χ3n) is 2.57. The van der Waals surface area contributed by atoms with Crippen LogP contribution in [0.1, 0.15) is 0 Å². The van der Waals surface area contributed by atoms with E-state index in [1.807, 2.05) is 18.2 Å². The molecule has 2 rings (SSSR count). The van der Waals surface area contributed by atoms with Crippen molar-refractivity contribution in [3.05, 3.63) is 36.4 Å². The smallest absolute Gasteiger partial charge is 0.221 e. The maximum absolute atomic E-state index is 5.76. The number of aromatic nitrogens is 1. The molecule has 0 fully saturated rings. The molecule has 0 aliphatic carbocycles. The van der Waals surface area contributed by atoms with E-state index in [1.54, 1.807) is 39.5 Å². The highest BCUT2D eigenvalue weighted by Gasteiger charge is 2.13. The Morgan fingerprint density at radius 1 is 0.947 bits per heavy atom. The number of hydrogen-bond acceptors (Lipinski definition) is 5. The van der Waals surface area contributed by atoms with Gasteiger partial charge in [-0.05, 0) is 18.2 Å². The zero-order chi connectivity index (χ0) is 13.7. The van der Waals surface area contributed by atoms with Gasteiger partial charge < -0.3 is 19.5 Å². The Labute approximate surface area is 112 Å². The van der Waals surface area contributed by atoms with Crippen LogP contribution in [-0.2, 0) is 0 Å². The van der Waals surface area contributed by atoms with Gasteiger partial charge in [0.05, 0.1) is 14.2 Å². The van der Waals surface area contributed by atoms with Gasteiger partial charge in [0.2, 0.25) is 11.6 Å². The minimum absolute atomic E-state index is 0.467. The van der Waals surface area contributed by atoms with Crippen LogP contribution in [0, 0.1) is 0 Å². The number of benzene rings is 1. The molecule has 0 saturated carbocycles. The number of hydrogen-bond donors (Lipinski definition) is 1. The number of para-hydroxylation sites is 1. The number of nitrogens with one attached hydrogen (secondary N) is 1. The topological polar surface area (TPSA) is 52.6 Å². The summed E-state index contributed by atoms with van der Waals surface area (Å²) < 4.78 is 16.3. The molecule has 100 valence electrons. The Kier molecular flexibility index (Phi) is 4.07. The number of ether oxygens (including phenoxy) is 3. The van der Waals surface area contributed by atoms with Crippen molar-refractivity contribution in [1.82, 2.24) is 4.98 Å². The minimum Gasteiger partial charge on any atom is -0.493 e. The van der Waals surface area contributed by atoms with Crippen molar-refractivity contribution in [1.29, 1.82) is 0 Å². The van der Waals surface area contributed by atoms with E-state index in [9.17, 15) is 0 Å². The van der Waals surface area contributed by atoms with Gasteiger partial charge in [0, 0.05) is 13.1 Å². The predicted molar refractivity (Wildman–Crippen MR) is 73.4 cm³/mol. The third-order valence-corrected chi connectivity index (χ3v) is 2.57. The zero-order valence-electron chi connectivity index (χ0n) is 11.1. The van der Waals surface area contributed by atoms with Crippen molar-refractivity contribution >= 4 is 5.82 Å². The average Bonchev–Trinajstić information content (AvgIpc) is 2.47. The number of nitrogens with zero attached hydrogens (tertiary/aromatic N) is 1. The minimum atomic E-state index is 0.467. The maximum atomic E-state index is 5.76. The van der Waals surface area contributed by atoms with Crippen LogP contribution < -0.4 is 19.5 Å². The molecule has 0 amide bonds. The van der Waals surface area contributed by atoms with E-state index < -0.39 is 0 Å². The summed E-state index contributed by atoms with van der Waals surface area (Å²) in [6, 6.07) is 10.9. The van der Waals surface area contributed by atoms with Gasteiger partial charge in [0.1, 0.15) is 5.82 Å². The lowest BCUT2D eigenvalue weighted by atomic mass is 10.3. The van der Waals surface area contributed by atoms with Crippen LogP contribution in [0.3, 0.4) is 0 Å². The summed E-state index contributed by atoms with van der Waals surface area (Å²) >= 11 is 0. The molecule has 1 N–H and O–H groups in total. The lowest BCUT2D eigenvalue weighted by molar-refractivity contribution is 0.342. The second-order valence-electron chi connectivity index (χ2n) is 3.70. The van der Waals surface area contributed by atoms with E-state index in [-0.39, 0.29) is 0 Å². The Morgan fingerprint density at radius 3 is 2.16 bits per heavy atom. The Bertz CT molecular complexity index is 536. The Balaban J connectivity index is 2.36. The first-order valence-electron chi connectivity index (χ1n) is 5.82. The molecular formula is C14H16N2O3. The molecule has 5 nitrogen and oxygen atoms in total. The predicted octanol–water partition coefficient (Wildman–Crippen LogP) is 2.93. The summed E-state index contributed by atoms with van der Waals surface area (Å²) in [6.07, 6.45) is 0. The first-order valence-corrected chi connectivity index (χ1v) is 5.82. The molecule has 0 aliphatic heterocycles. The van der Waals surface area contributed by atoms with Crippen molar-refractivity contribution in [3.8, 4) is 23.1 Å². The molecule has 19 heavy (non-hydrogen) atoms. The normalized spacial score (nSPS) is 9.84. The van der Waals surface area contributed by atoms with Gasteiger partial charge in [-0.15, -0.1) is 0 Å². The van der Waals surface area contributed by atoms with Gasteiger partial charge in [-0.2, -0.15) is 4.98 Å². The van der Waals surface area contributed by atoms with Crippen LogP contribution in [0.15, 0.2) is 36.4 Å². The number of anilines is 1. The third kappa shape index (κ3) is 2.88. The van der Waals surface area contributed by atoms with Crippen molar-refractivity contribution in [3.63, 3.8) is 0 Å². The second kappa shape index (κ2) is 5.95. The summed E-state index contributed by atoms with van der Waals surface area (Å²) in [5, 5.41) is 2.96. The molecule has 0 atom stereocenters. The Morgan fingerprint density at radius 2 is 1.58 bits per heavy atom. The van der Waals surface area contributed by atoms with Gasteiger partial charge in [-0.1, -0.05) is 12.1 Å². The van der Waals surface area contributed by atoms with E-state index in [2.05, 4.69) is 10.3 Å². The molecule has 0 radical (unpaired) electrons. The number of rotatable bonds is 5. The second-order valence-corrected chi connectivity index (χ2v) is 3.70. The largest absolute Gasteiger partial charge is 0.493 e. The molecule has 1 aromatic heterocycles. The van der Waals surface area contributed by atoms with E-state index in [0.29, 0.717) is 23.1 Å². The lowest BCUT2D eigenvalue weighted by Gasteiger charge is -2.13. The lowest BCUT2D eigenvalue weighted by Crippen LogP contribution is -1.97. The first-order chi connectivity index (χ1) is 9.28. The maximum Gasteiger partial charge on any atom is 0.221 e. The summed E-state index contributed by atoms with van der Waals surface area (Å²) in [4.78, 5) is 4.29. The molecule has 1 heterocycles. The van der Waals surface area contributed by atoms with Crippen LogP contribution >= 0.6 is 0 Å². The highest BCUT2D eigenvalue weighted by Crippen LogP contribution is 2.39. The van der Waals surface area contributed by atoms with Gasteiger partial charge in [-0.3, -0.25) is 0 Å². The number of methoxy groups -OCH3 is 2. The van der Waals surface area contributed by atoms with Gasteiger partial charge in [-0.25, -0.2) is 0 Å². The fourth-order valence-corrected chi connectivity index (χ4v) is 1.63. The fraction of sp³-hybridized carbons (Fsp3) is 0.214. The summed E-state index contributed by atoms with van der Waals surface area (Å²) in [5.41, 5.74) is 0. The summed E-state index contributed by atoms with van der Waals surface area (Å²) in [5.74, 6) is 2.89. The van der Waals surface area contributed by atoms with Crippen LogP contribution in [0.5, 0.6) is 23.1 Å². The first kappa shape index (κ1) is 13.0. The SMILES string of the molecule is CNc1cccc(Oc2c(OC)cccc2OC)n1. The molecule has 0 aliphatic rings. The van der Waals surface area contributed by atoms with E-state index in [4.69, 9.17) is 14.2 Å². The van der Waals surface area contributed by atoms with Crippen molar-refractivity contribution in [2.45, 2.75) is 0 Å². The van der Waals surface area contributed by atoms with Gasteiger partial charge in [0.25, 0.3) is 0 Å². The van der Waals surface area contributed by atoms with Gasteiger partial charge >= 0.3 is 0 Å². The van der Waals surface area contributed by atoms with E-state index in [1.165, 1.54) is 0 Å². The summed E-state index contributed by atoms with van der Waals surface area (Å²) in [6.45, 7) is 0. The van der Waals surface area contributed by atoms with Crippen molar-refractivity contribution < 1.29 is 14.2 Å². The zero-order valence-corrected chi connectivity index (χ0v) is 11.1. The molecule has 2 aromatic rings. The van der Waals surface area contributed by atoms with Crippen LogP contribution in [0.25, 0.3) is 0 Å². The average molecular weight is 260 g/mol. The molecule has 0 unspecified atom stereocenters. The quantitative estimate of drug-likeness (QED) is 0.895. The fourth-order valence-electron chi connectivity index (χ4n) is 1.63. The molecule has 5 heteroatoms. The van der Waals surface area contributed by atoms with Crippen LogP contribution in [0.4, 0.5) is 5.82 Å². The molecule has 0 spiro atoms. The van der Waals surface area contributed by atoms with Crippen LogP contribution in [-0.4, -0.2) is 26.3 Å². The number of pyridine rings is 1. The monoisotopic (exact) mass is 260 g/mol. The highest BCUT2D eigenvalue weighted by molar-refractivity contribution is 5.52. The standard InChI is InChI=1S/C14H16N2O3/c1-15-12-8-5-9-13(16-12)19-14-10(17-2)6-4-7-11(14)18-3/h4-9H,1-3H3,(H,15,16). The van der Waals surface area contributed by atoms with Crippen molar-refractivity contribution in [2.75, 3.05) is 26.6 Å². The highest BCUT2D eigenvalue weighted by atomic mass is 16.5. The Hall–Kier alpha value is -2.43. The van der Waals surface area contributed by atoms with E-state index in [0.717, 1.165) is 5.82 Å². The van der Waals surface area contributed by atoms with Gasteiger partial charge in [0.15, 0.2) is 11.5 Å². The molecule has 0 saturated heterocycles. The van der Waals surface area contributed by atoms with Crippen molar-refractivity contribution in [2.24, 2.45) is 0 Å². The van der Waals surface area contributed by atoms with E-state index >= 15 is 0 Å². The van der Waals surface area contributed by atoms with Crippen LogP contribution in [0.2, 0.25) is 0 Å². The summed E-state index contributed by atoms with van der Waals surface area (Å²) in [7, 11) is 4.97. The molecule has 0 bridgehead atoms. The molecule has 1 aromatic carbocycles.